The average Bonchev–Trinajstić information content (AvgIpc) is 3.17. The number of aliphatic hydroxyl groups excluding tert-OH is 3. The third-order valence-corrected chi connectivity index (χ3v) is 9.37. The molecule has 0 spiro atoms. The van der Waals surface area contributed by atoms with E-state index in [0.717, 1.165) is 57.3 Å². The molecule has 322 valence electrons. The number of allylic oxidation sites excluding steroid dienone is 11. The van der Waals surface area contributed by atoms with Gasteiger partial charge in [-0.2, -0.15) is 0 Å². The lowest BCUT2D eigenvalue weighted by Gasteiger charge is -2.20. The first-order chi connectivity index (χ1) is 27.0. The van der Waals surface area contributed by atoms with Gasteiger partial charge in [0.2, 0.25) is 0 Å². The molecule has 0 aromatic rings. The van der Waals surface area contributed by atoms with Gasteiger partial charge in [0.1, 0.15) is 12.7 Å². The maximum atomic E-state index is 12.6. The van der Waals surface area contributed by atoms with E-state index in [1.54, 1.807) is 12.2 Å². The molecule has 0 bridgehead atoms. The molecular weight excluding hydrogens is 735 g/mol. The molecule has 0 rings (SSSR count). The van der Waals surface area contributed by atoms with Crippen molar-refractivity contribution in [1.29, 1.82) is 0 Å². The number of phosphoric acid groups is 1. The summed E-state index contributed by atoms with van der Waals surface area (Å²) in [6.45, 7) is 4.26. The molecule has 0 amide bonds. The highest BCUT2D eigenvalue weighted by atomic mass is 31.2. The van der Waals surface area contributed by atoms with Crippen LogP contribution in [0.5, 0.6) is 0 Å². The summed E-state index contributed by atoms with van der Waals surface area (Å²) in [5.74, 6) is -0.442. The zero-order chi connectivity index (χ0) is 41.5. The Bertz CT molecular complexity index is 1190. The van der Waals surface area contributed by atoms with E-state index in [1.807, 2.05) is 12.2 Å². The number of rotatable bonds is 37. The molecule has 0 aliphatic heterocycles. The Hall–Kier alpha value is -2.63. The minimum Gasteiger partial charge on any atom is -0.462 e. The number of aliphatic hydroxyl groups is 3. The molecule has 0 aromatic heterocycles. The summed E-state index contributed by atoms with van der Waals surface area (Å²) in [5, 5.41) is 28.6. The highest BCUT2D eigenvalue weighted by molar-refractivity contribution is 7.47. The maximum absolute atomic E-state index is 12.6. The molecule has 11 nitrogen and oxygen atoms in total. The lowest BCUT2D eigenvalue weighted by atomic mass is 10.0. The van der Waals surface area contributed by atoms with Crippen molar-refractivity contribution >= 4 is 19.8 Å². The van der Waals surface area contributed by atoms with Crippen LogP contribution in [-0.4, -0.2) is 76.9 Å². The molecule has 0 aliphatic rings. The maximum Gasteiger partial charge on any atom is 0.472 e. The topological polar surface area (TPSA) is 169 Å². The fourth-order valence-electron chi connectivity index (χ4n) is 5.17. The van der Waals surface area contributed by atoms with Gasteiger partial charge in [-0.3, -0.25) is 18.6 Å². The van der Waals surface area contributed by atoms with Crippen LogP contribution in [0.15, 0.2) is 72.9 Å². The standard InChI is InChI=1S/C44H75O11P/c1-4-5-6-7-8-9-10-11-12-13-14-15-19-22-25-28-31-40(46)33-34-43(48)52-37-42(38-54-56(50,51)53-36-41(47)35-45)55-44(49)32-29-26-23-20-17-16-18-21-24-27-30-39(2)3/h5-6,8-9,11-12,14-15,22,25,28,31,39-42,45-47H,4,7,10,13,16-21,23-24,26-27,29-30,32-38H2,1-3H3,(H,50,51)/b6-5-,9-8-,12-11-,15-14-,25-22-,31-28-/t40?,41-,42+/m0/s1. The van der Waals surface area contributed by atoms with Crippen LogP contribution in [0.4, 0.5) is 0 Å². The van der Waals surface area contributed by atoms with E-state index in [9.17, 15) is 29.3 Å². The normalized spacial score (nSPS) is 15.3. The minimum atomic E-state index is -4.67. The minimum absolute atomic E-state index is 0.103. The van der Waals surface area contributed by atoms with Gasteiger partial charge in [0.25, 0.3) is 0 Å². The third kappa shape index (κ3) is 38.3. The van der Waals surface area contributed by atoms with Gasteiger partial charge in [-0.1, -0.05) is 158 Å². The average molecular weight is 811 g/mol. The fraction of sp³-hybridized carbons (Fsp3) is 0.682. The number of hydrogen-bond acceptors (Lipinski definition) is 10. The third-order valence-electron chi connectivity index (χ3n) is 8.42. The predicted octanol–water partition coefficient (Wildman–Crippen LogP) is 9.71. The second kappa shape index (κ2) is 37.9. The van der Waals surface area contributed by atoms with Gasteiger partial charge in [0, 0.05) is 12.8 Å². The summed E-state index contributed by atoms with van der Waals surface area (Å²) < 4.78 is 32.5. The van der Waals surface area contributed by atoms with Crippen molar-refractivity contribution in [2.45, 2.75) is 161 Å². The second-order valence-corrected chi connectivity index (χ2v) is 15.8. The summed E-state index contributed by atoms with van der Waals surface area (Å²) in [6, 6.07) is 0. The molecule has 0 radical (unpaired) electrons. The van der Waals surface area contributed by atoms with Crippen LogP contribution in [0.2, 0.25) is 0 Å². The van der Waals surface area contributed by atoms with Gasteiger partial charge >= 0.3 is 19.8 Å². The lowest BCUT2D eigenvalue weighted by Crippen LogP contribution is -2.30. The Labute approximate surface area is 338 Å². The van der Waals surface area contributed by atoms with Gasteiger partial charge < -0.3 is 29.7 Å². The summed E-state index contributed by atoms with van der Waals surface area (Å²) in [6.07, 6.45) is 37.8. The Morgan fingerprint density at radius 1 is 0.625 bits per heavy atom. The molecule has 2 unspecified atom stereocenters. The van der Waals surface area contributed by atoms with Crippen molar-refractivity contribution in [1.82, 2.24) is 0 Å². The first-order valence-corrected chi connectivity index (χ1v) is 22.4. The van der Waals surface area contributed by atoms with Gasteiger partial charge in [-0.25, -0.2) is 4.57 Å². The predicted molar refractivity (Wildman–Crippen MR) is 225 cm³/mol. The number of carbonyl (C=O) groups excluding carboxylic acids is 2. The van der Waals surface area contributed by atoms with E-state index in [2.05, 4.69) is 73.9 Å². The highest BCUT2D eigenvalue weighted by Gasteiger charge is 2.27. The summed E-state index contributed by atoms with van der Waals surface area (Å²) in [7, 11) is -4.67. The molecule has 0 fully saturated rings. The first kappa shape index (κ1) is 53.4. The SMILES string of the molecule is CC/C=C\C/C=C\C/C=C\C/C=C\C/C=C\C=C/C(O)CCC(=O)OC[C@H](COP(=O)(O)OC[C@@H](O)CO)OC(=O)CCCCCCCCCCCCC(C)C. The number of esters is 2. The van der Waals surface area contributed by atoms with Crippen molar-refractivity contribution in [3.05, 3.63) is 72.9 Å². The Morgan fingerprint density at radius 2 is 1.14 bits per heavy atom. The quantitative estimate of drug-likeness (QED) is 0.0155. The molecule has 0 aromatic carbocycles. The van der Waals surface area contributed by atoms with Crippen LogP contribution in [0.1, 0.15) is 143 Å². The van der Waals surface area contributed by atoms with Crippen molar-refractivity contribution < 1.29 is 52.9 Å². The Morgan fingerprint density at radius 3 is 1.70 bits per heavy atom. The van der Waals surface area contributed by atoms with E-state index >= 15 is 0 Å². The Balaban J connectivity index is 4.56. The summed E-state index contributed by atoms with van der Waals surface area (Å²) in [4.78, 5) is 34.9. The molecule has 4 N–H and O–H groups in total. The van der Waals surface area contributed by atoms with Crippen molar-refractivity contribution in [3.8, 4) is 0 Å². The van der Waals surface area contributed by atoms with Gasteiger partial charge in [-0.05, 0) is 50.9 Å². The molecule has 0 heterocycles. The van der Waals surface area contributed by atoms with Crippen molar-refractivity contribution in [3.63, 3.8) is 0 Å². The smallest absolute Gasteiger partial charge is 0.462 e. The monoisotopic (exact) mass is 811 g/mol. The molecular formula is C44H75O11P. The molecule has 4 atom stereocenters. The number of carbonyl (C=O) groups is 2. The van der Waals surface area contributed by atoms with Crippen LogP contribution in [0.3, 0.4) is 0 Å². The van der Waals surface area contributed by atoms with E-state index in [-0.39, 0.29) is 19.3 Å². The van der Waals surface area contributed by atoms with Crippen molar-refractivity contribution in [2.24, 2.45) is 5.92 Å². The van der Waals surface area contributed by atoms with Crippen LogP contribution in [0, 0.1) is 5.92 Å². The van der Waals surface area contributed by atoms with Gasteiger partial charge in [0.05, 0.1) is 25.9 Å². The van der Waals surface area contributed by atoms with Gasteiger partial charge in [-0.15, -0.1) is 0 Å². The number of phosphoric ester groups is 1. The molecule has 12 heteroatoms. The lowest BCUT2D eigenvalue weighted by molar-refractivity contribution is -0.161. The molecule has 0 saturated heterocycles. The number of ether oxygens (including phenoxy) is 2. The Kier molecular flexibility index (Phi) is 36.1. The van der Waals surface area contributed by atoms with Crippen LogP contribution < -0.4 is 0 Å². The molecule has 0 saturated carbocycles. The van der Waals surface area contributed by atoms with Crippen LogP contribution in [0.25, 0.3) is 0 Å². The van der Waals surface area contributed by atoms with Crippen molar-refractivity contribution in [2.75, 3.05) is 26.4 Å². The van der Waals surface area contributed by atoms with E-state index in [4.69, 9.17) is 19.1 Å². The number of unbranched alkanes of at least 4 members (excludes halogenated alkanes) is 9. The molecule has 56 heavy (non-hydrogen) atoms. The largest absolute Gasteiger partial charge is 0.472 e. The zero-order valence-electron chi connectivity index (χ0n) is 34.6. The number of hydrogen-bond donors (Lipinski definition) is 4. The van der Waals surface area contributed by atoms with Gasteiger partial charge in [0.15, 0.2) is 6.10 Å². The highest BCUT2D eigenvalue weighted by Crippen LogP contribution is 2.43. The zero-order valence-corrected chi connectivity index (χ0v) is 35.5. The van der Waals surface area contributed by atoms with E-state index in [0.29, 0.717) is 6.42 Å². The van der Waals surface area contributed by atoms with E-state index in [1.165, 1.54) is 44.9 Å². The van der Waals surface area contributed by atoms with E-state index < -0.39 is 64.5 Å². The van der Waals surface area contributed by atoms with Crippen LogP contribution >= 0.6 is 7.82 Å². The summed E-state index contributed by atoms with van der Waals surface area (Å²) >= 11 is 0. The molecule has 0 aliphatic carbocycles. The second-order valence-electron chi connectivity index (χ2n) is 14.3. The first-order valence-electron chi connectivity index (χ1n) is 20.9. The fourth-order valence-corrected chi connectivity index (χ4v) is 5.96. The summed E-state index contributed by atoms with van der Waals surface area (Å²) in [5.41, 5.74) is 0. The van der Waals surface area contributed by atoms with Crippen LogP contribution in [-0.2, 0) is 32.7 Å².